The number of aldehydes is 1. The summed E-state index contributed by atoms with van der Waals surface area (Å²) in [6, 6.07) is 7.50. The maximum Gasteiger partial charge on any atom is 0.170 e. The van der Waals surface area contributed by atoms with Gasteiger partial charge in [0.05, 0.1) is 16.7 Å². The molecule has 0 amide bonds. The molecule has 0 aliphatic carbocycles. The maximum absolute atomic E-state index is 10.6. The molecule has 3 nitrogen and oxygen atoms in total. The number of carbonyl (C=O) groups excluding carboxylic acids is 1. The Morgan fingerprint density at radius 1 is 1.15 bits per heavy atom. The molecule has 0 unspecified atom stereocenters. The molecule has 0 spiro atoms. The van der Waals surface area contributed by atoms with Crippen molar-refractivity contribution >= 4 is 17.3 Å². The van der Waals surface area contributed by atoms with Crippen molar-refractivity contribution in [3.63, 3.8) is 0 Å². The summed E-state index contributed by atoms with van der Waals surface area (Å²) in [5.41, 5.74) is 2.67. The van der Waals surface area contributed by atoms with Crippen molar-refractivity contribution < 1.29 is 4.79 Å². The van der Waals surface area contributed by atoms with E-state index in [-0.39, 0.29) is 0 Å². The summed E-state index contributed by atoms with van der Waals surface area (Å²) in [4.78, 5) is 19.0. The molecular formula is C10H8N2O. The average Bonchev–Trinajstić information content (AvgIpc) is 2.17. The molecule has 3 heteroatoms. The highest BCUT2D eigenvalue weighted by Crippen LogP contribution is 2.10. The lowest BCUT2D eigenvalue weighted by Crippen LogP contribution is -1.96. The van der Waals surface area contributed by atoms with Crippen LogP contribution in [0.1, 0.15) is 16.2 Å². The number of hydrogen-bond donors (Lipinski definition) is 0. The third-order valence-corrected chi connectivity index (χ3v) is 1.89. The van der Waals surface area contributed by atoms with Crippen LogP contribution in [0, 0.1) is 6.92 Å². The van der Waals surface area contributed by atoms with Crippen LogP contribution >= 0.6 is 0 Å². The SMILES string of the molecule is Cc1nc2ccccc2nc1C=O. The highest BCUT2D eigenvalue weighted by atomic mass is 16.1. The Hall–Kier alpha value is -1.77. The Morgan fingerprint density at radius 2 is 1.77 bits per heavy atom. The molecule has 0 atom stereocenters. The molecule has 0 N–H and O–H groups in total. The van der Waals surface area contributed by atoms with Crippen LogP contribution in [0.2, 0.25) is 0 Å². The average molecular weight is 172 g/mol. The predicted molar refractivity (Wildman–Crippen MR) is 49.7 cm³/mol. The minimum absolute atomic E-state index is 0.415. The number of aryl methyl sites for hydroxylation is 1. The normalized spacial score (nSPS) is 10.2. The van der Waals surface area contributed by atoms with E-state index in [4.69, 9.17) is 0 Å². The quantitative estimate of drug-likeness (QED) is 0.615. The molecule has 0 fully saturated rings. The van der Waals surface area contributed by atoms with E-state index in [0.717, 1.165) is 17.3 Å². The minimum Gasteiger partial charge on any atom is -0.296 e. The lowest BCUT2D eigenvalue weighted by molar-refractivity contribution is 0.111. The van der Waals surface area contributed by atoms with Gasteiger partial charge in [-0.1, -0.05) is 12.1 Å². The Morgan fingerprint density at radius 3 is 2.38 bits per heavy atom. The van der Waals surface area contributed by atoms with E-state index in [2.05, 4.69) is 9.97 Å². The Labute approximate surface area is 75.4 Å². The van der Waals surface area contributed by atoms with Crippen molar-refractivity contribution in [3.8, 4) is 0 Å². The first-order valence-corrected chi connectivity index (χ1v) is 4.00. The summed E-state index contributed by atoms with van der Waals surface area (Å²) < 4.78 is 0. The third-order valence-electron chi connectivity index (χ3n) is 1.89. The Bertz CT molecular complexity index is 465. The molecule has 13 heavy (non-hydrogen) atoms. The number of nitrogens with zero attached hydrogens (tertiary/aromatic N) is 2. The van der Waals surface area contributed by atoms with Gasteiger partial charge in [0, 0.05) is 0 Å². The van der Waals surface area contributed by atoms with Gasteiger partial charge in [-0.3, -0.25) is 4.79 Å². The van der Waals surface area contributed by atoms with Gasteiger partial charge in [0.1, 0.15) is 5.69 Å². The summed E-state index contributed by atoms with van der Waals surface area (Å²) in [6.45, 7) is 1.78. The van der Waals surface area contributed by atoms with Gasteiger partial charge in [0.15, 0.2) is 6.29 Å². The molecule has 0 saturated heterocycles. The van der Waals surface area contributed by atoms with Gasteiger partial charge in [-0.25, -0.2) is 9.97 Å². The van der Waals surface area contributed by atoms with E-state index in [1.165, 1.54) is 0 Å². The van der Waals surface area contributed by atoms with E-state index < -0.39 is 0 Å². The number of carbonyl (C=O) groups is 1. The van der Waals surface area contributed by atoms with E-state index in [1.54, 1.807) is 6.92 Å². The van der Waals surface area contributed by atoms with Gasteiger partial charge >= 0.3 is 0 Å². The van der Waals surface area contributed by atoms with Crippen LogP contribution < -0.4 is 0 Å². The van der Waals surface area contributed by atoms with Crippen molar-refractivity contribution in [1.82, 2.24) is 9.97 Å². The molecule has 0 aliphatic heterocycles. The molecule has 0 bridgehead atoms. The zero-order valence-electron chi connectivity index (χ0n) is 7.19. The number of hydrogen-bond acceptors (Lipinski definition) is 3. The van der Waals surface area contributed by atoms with Crippen LogP contribution in [0.5, 0.6) is 0 Å². The number of aromatic nitrogens is 2. The first kappa shape index (κ1) is 7.86. The van der Waals surface area contributed by atoms with E-state index in [9.17, 15) is 4.79 Å². The summed E-state index contributed by atoms with van der Waals surface area (Å²) in [5, 5.41) is 0. The van der Waals surface area contributed by atoms with E-state index in [1.807, 2.05) is 24.3 Å². The summed E-state index contributed by atoms with van der Waals surface area (Å²) >= 11 is 0. The zero-order chi connectivity index (χ0) is 9.26. The third kappa shape index (κ3) is 1.28. The van der Waals surface area contributed by atoms with Gasteiger partial charge in [-0.05, 0) is 19.1 Å². The number of para-hydroxylation sites is 2. The maximum atomic E-state index is 10.6. The first-order chi connectivity index (χ1) is 6.31. The molecule has 64 valence electrons. The smallest absolute Gasteiger partial charge is 0.170 e. The molecule has 0 radical (unpaired) electrons. The second-order valence-corrected chi connectivity index (χ2v) is 2.80. The van der Waals surface area contributed by atoms with Crippen molar-refractivity contribution in [2.45, 2.75) is 6.92 Å². The number of rotatable bonds is 1. The standard InChI is InChI=1S/C10H8N2O/c1-7-10(6-13)12-9-5-3-2-4-8(9)11-7/h2-6H,1H3. The molecule has 1 aromatic carbocycles. The van der Waals surface area contributed by atoms with Crippen molar-refractivity contribution in [2.75, 3.05) is 0 Å². The molecule has 0 aliphatic rings. The van der Waals surface area contributed by atoms with Crippen molar-refractivity contribution in [3.05, 3.63) is 35.7 Å². The fraction of sp³-hybridized carbons (Fsp3) is 0.100. The minimum atomic E-state index is 0.415. The first-order valence-electron chi connectivity index (χ1n) is 4.00. The van der Waals surface area contributed by atoms with E-state index >= 15 is 0 Å². The second-order valence-electron chi connectivity index (χ2n) is 2.80. The number of benzene rings is 1. The number of fused-ring (bicyclic) bond motifs is 1. The monoisotopic (exact) mass is 172 g/mol. The van der Waals surface area contributed by atoms with Gasteiger partial charge in [0.2, 0.25) is 0 Å². The van der Waals surface area contributed by atoms with Gasteiger partial charge in [-0.15, -0.1) is 0 Å². The molecule has 2 rings (SSSR count). The van der Waals surface area contributed by atoms with Gasteiger partial charge in [-0.2, -0.15) is 0 Å². The van der Waals surface area contributed by atoms with Crippen LogP contribution in [0.3, 0.4) is 0 Å². The topological polar surface area (TPSA) is 42.9 Å². The largest absolute Gasteiger partial charge is 0.296 e. The van der Waals surface area contributed by atoms with Crippen molar-refractivity contribution in [1.29, 1.82) is 0 Å². The van der Waals surface area contributed by atoms with Gasteiger partial charge in [0.25, 0.3) is 0 Å². The molecule has 1 heterocycles. The highest BCUT2D eigenvalue weighted by molar-refractivity contribution is 5.81. The molecule has 0 saturated carbocycles. The predicted octanol–water partition coefficient (Wildman–Crippen LogP) is 1.75. The van der Waals surface area contributed by atoms with Crippen LogP contribution in [0.25, 0.3) is 11.0 Å². The Balaban J connectivity index is 2.81. The molecule has 1 aromatic heterocycles. The van der Waals surface area contributed by atoms with Crippen LogP contribution in [0.15, 0.2) is 24.3 Å². The summed E-state index contributed by atoms with van der Waals surface area (Å²) in [7, 11) is 0. The fourth-order valence-electron chi connectivity index (χ4n) is 1.21. The van der Waals surface area contributed by atoms with Crippen LogP contribution in [-0.2, 0) is 0 Å². The zero-order valence-corrected chi connectivity index (χ0v) is 7.19. The fourth-order valence-corrected chi connectivity index (χ4v) is 1.21. The highest BCUT2D eigenvalue weighted by Gasteiger charge is 2.02. The lowest BCUT2D eigenvalue weighted by atomic mass is 10.2. The Kier molecular flexibility index (Phi) is 1.77. The second kappa shape index (κ2) is 2.94. The van der Waals surface area contributed by atoms with Crippen LogP contribution in [-0.4, -0.2) is 16.3 Å². The molecule has 2 aromatic rings. The summed E-state index contributed by atoms with van der Waals surface area (Å²) in [5.74, 6) is 0. The lowest BCUT2D eigenvalue weighted by Gasteiger charge is -1.99. The summed E-state index contributed by atoms with van der Waals surface area (Å²) in [6.07, 6.45) is 0.731. The van der Waals surface area contributed by atoms with Crippen molar-refractivity contribution in [2.24, 2.45) is 0 Å². The van der Waals surface area contributed by atoms with Gasteiger partial charge < -0.3 is 0 Å². The van der Waals surface area contributed by atoms with Crippen LogP contribution in [0.4, 0.5) is 0 Å². The van der Waals surface area contributed by atoms with E-state index in [0.29, 0.717) is 11.4 Å². The molecular weight excluding hydrogens is 164 g/mol.